The summed E-state index contributed by atoms with van der Waals surface area (Å²) in [6.45, 7) is 7.02. The minimum absolute atomic E-state index is 0.0522. The quantitative estimate of drug-likeness (QED) is 0.376. The van der Waals surface area contributed by atoms with Crippen LogP contribution in [-0.2, 0) is 17.8 Å². The number of hydrogen-bond donors (Lipinski definition) is 0. The van der Waals surface area contributed by atoms with E-state index in [0.717, 1.165) is 11.3 Å². The molecule has 0 saturated heterocycles. The van der Waals surface area contributed by atoms with E-state index >= 15 is 0 Å². The van der Waals surface area contributed by atoms with Crippen LogP contribution < -0.4 is 9.47 Å². The molecule has 0 aliphatic heterocycles. The number of methoxy groups -OCH3 is 2. The third-order valence-electron chi connectivity index (χ3n) is 5.54. The molecule has 0 aliphatic carbocycles. The van der Waals surface area contributed by atoms with E-state index in [0.29, 0.717) is 43.3 Å². The minimum Gasteiger partial charge on any atom is -0.493 e. The van der Waals surface area contributed by atoms with E-state index in [2.05, 4.69) is 0 Å². The molecule has 2 amide bonds. The third kappa shape index (κ3) is 7.15. The molecule has 3 rings (SSSR count). The van der Waals surface area contributed by atoms with Crippen molar-refractivity contribution in [3.8, 4) is 11.5 Å². The van der Waals surface area contributed by atoms with Gasteiger partial charge in [0, 0.05) is 13.1 Å². The standard InChI is InChI=1S/C27H34N2O6/c1-19(2)16-29(27(31)24-7-6-14-34-24)18-26(30)28(17-22-10-8-20(3)35-22)13-12-21-9-11-23(32-4)25(15-21)33-5/h6-11,14-15,19H,12-13,16-18H2,1-5H3. The second kappa shape index (κ2) is 12.1. The molecule has 0 atom stereocenters. The molecule has 0 aliphatic rings. The first-order chi connectivity index (χ1) is 16.8. The van der Waals surface area contributed by atoms with Gasteiger partial charge in [-0.1, -0.05) is 19.9 Å². The van der Waals surface area contributed by atoms with Gasteiger partial charge in [0.2, 0.25) is 5.91 Å². The number of amides is 2. The van der Waals surface area contributed by atoms with Crippen LogP contribution in [0, 0.1) is 12.8 Å². The van der Waals surface area contributed by atoms with Crippen molar-refractivity contribution in [1.82, 2.24) is 9.80 Å². The van der Waals surface area contributed by atoms with Crippen LogP contribution in [0.4, 0.5) is 0 Å². The van der Waals surface area contributed by atoms with Crippen LogP contribution in [0.5, 0.6) is 11.5 Å². The number of furan rings is 2. The van der Waals surface area contributed by atoms with E-state index in [4.69, 9.17) is 18.3 Å². The molecular weight excluding hydrogens is 448 g/mol. The van der Waals surface area contributed by atoms with Gasteiger partial charge in [-0.2, -0.15) is 0 Å². The molecule has 0 spiro atoms. The number of hydrogen-bond acceptors (Lipinski definition) is 6. The summed E-state index contributed by atoms with van der Waals surface area (Å²) in [7, 11) is 3.19. The summed E-state index contributed by atoms with van der Waals surface area (Å²) in [4.78, 5) is 29.7. The summed E-state index contributed by atoms with van der Waals surface area (Å²) in [5, 5.41) is 0. The van der Waals surface area contributed by atoms with Gasteiger partial charge < -0.3 is 28.1 Å². The monoisotopic (exact) mass is 482 g/mol. The maximum atomic E-state index is 13.5. The highest BCUT2D eigenvalue weighted by Crippen LogP contribution is 2.28. The molecule has 0 N–H and O–H groups in total. The smallest absolute Gasteiger partial charge is 0.290 e. The zero-order valence-electron chi connectivity index (χ0n) is 21.1. The Labute approximate surface area is 206 Å². The molecule has 2 heterocycles. The normalized spacial score (nSPS) is 10.9. The number of aryl methyl sites for hydroxylation is 1. The molecule has 0 saturated carbocycles. The third-order valence-corrected chi connectivity index (χ3v) is 5.54. The Kier molecular flexibility index (Phi) is 9.00. The SMILES string of the molecule is COc1ccc(CCN(Cc2ccc(C)o2)C(=O)CN(CC(C)C)C(=O)c2ccco2)cc1OC. The molecule has 188 valence electrons. The van der Waals surface area contributed by atoms with Crippen LogP contribution in [0.2, 0.25) is 0 Å². The fourth-order valence-electron chi connectivity index (χ4n) is 3.83. The molecule has 8 nitrogen and oxygen atoms in total. The molecule has 0 fully saturated rings. The van der Waals surface area contributed by atoms with Gasteiger partial charge in [0.05, 0.1) is 27.0 Å². The van der Waals surface area contributed by atoms with Crippen LogP contribution >= 0.6 is 0 Å². The fourth-order valence-corrected chi connectivity index (χ4v) is 3.83. The number of benzene rings is 1. The molecule has 2 aromatic heterocycles. The first-order valence-corrected chi connectivity index (χ1v) is 11.7. The highest BCUT2D eigenvalue weighted by molar-refractivity contribution is 5.94. The molecular formula is C27H34N2O6. The van der Waals surface area contributed by atoms with Gasteiger partial charge in [0.25, 0.3) is 5.91 Å². The highest BCUT2D eigenvalue weighted by Gasteiger charge is 2.25. The van der Waals surface area contributed by atoms with E-state index in [1.807, 2.05) is 51.1 Å². The van der Waals surface area contributed by atoms with Gasteiger partial charge in [-0.3, -0.25) is 9.59 Å². The van der Waals surface area contributed by atoms with Crippen LogP contribution in [-0.4, -0.2) is 55.5 Å². The lowest BCUT2D eigenvalue weighted by atomic mass is 10.1. The van der Waals surface area contributed by atoms with Gasteiger partial charge in [-0.25, -0.2) is 0 Å². The number of carbonyl (C=O) groups is 2. The molecule has 35 heavy (non-hydrogen) atoms. The van der Waals surface area contributed by atoms with Crippen LogP contribution in [0.3, 0.4) is 0 Å². The summed E-state index contributed by atoms with van der Waals surface area (Å²) in [5.74, 6) is 2.70. The molecule has 0 bridgehead atoms. The maximum Gasteiger partial charge on any atom is 0.290 e. The first kappa shape index (κ1) is 25.9. The minimum atomic E-state index is -0.300. The fraction of sp³-hybridized carbons (Fsp3) is 0.407. The average Bonchev–Trinajstić information content (AvgIpc) is 3.52. The zero-order chi connectivity index (χ0) is 25.4. The zero-order valence-corrected chi connectivity index (χ0v) is 21.1. The van der Waals surface area contributed by atoms with Crippen molar-refractivity contribution in [2.75, 3.05) is 33.9 Å². The van der Waals surface area contributed by atoms with Gasteiger partial charge in [0.1, 0.15) is 18.1 Å². The number of carbonyl (C=O) groups excluding carboxylic acids is 2. The Morgan fingerprint density at radius 1 is 1.00 bits per heavy atom. The largest absolute Gasteiger partial charge is 0.493 e. The molecule has 1 aromatic carbocycles. The van der Waals surface area contributed by atoms with Crippen molar-refractivity contribution in [2.45, 2.75) is 33.7 Å². The molecule has 8 heteroatoms. The lowest BCUT2D eigenvalue weighted by Gasteiger charge is -2.28. The maximum absolute atomic E-state index is 13.5. The summed E-state index contributed by atoms with van der Waals surface area (Å²) < 4.78 is 21.7. The predicted octanol–water partition coefficient (Wildman–Crippen LogP) is 4.57. The van der Waals surface area contributed by atoms with Crippen LogP contribution in [0.25, 0.3) is 0 Å². The number of ether oxygens (including phenoxy) is 2. The summed E-state index contributed by atoms with van der Waals surface area (Å²) in [6.07, 6.45) is 2.05. The van der Waals surface area contributed by atoms with E-state index < -0.39 is 0 Å². The second-order valence-electron chi connectivity index (χ2n) is 8.82. The number of nitrogens with zero attached hydrogens (tertiary/aromatic N) is 2. The van der Waals surface area contributed by atoms with Crippen molar-refractivity contribution in [3.63, 3.8) is 0 Å². The van der Waals surface area contributed by atoms with Gasteiger partial charge in [-0.15, -0.1) is 0 Å². The Balaban J connectivity index is 1.78. The Hall–Kier alpha value is -3.68. The first-order valence-electron chi connectivity index (χ1n) is 11.7. The van der Waals surface area contributed by atoms with Crippen molar-refractivity contribution >= 4 is 11.8 Å². The van der Waals surface area contributed by atoms with E-state index in [1.54, 1.807) is 36.2 Å². The lowest BCUT2D eigenvalue weighted by molar-refractivity contribution is -0.132. The van der Waals surface area contributed by atoms with E-state index in [9.17, 15) is 9.59 Å². The summed E-state index contributed by atoms with van der Waals surface area (Å²) >= 11 is 0. The van der Waals surface area contributed by atoms with E-state index in [1.165, 1.54) is 6.26 Å². The van der Waals surface area contributed by atoms with Crippen molar-refractivity contribution in [2.24, 2.45) is 5.92 Å². The van der Waals surface area contributed by atoms with Crippen LogP contribution in [0.1, 0.15) is 41.5 Å². The van der Waals surface area contributed by atoms with Crippen molar-refractivity contribution < 1.29 is 27.9 Å². The second-order valence-corrected chi connectivity index (χ2v) is 8.82. The summed E-state index contributed by atoms with van der Waals surface area (Å²) in [5.41, 5.74) is 1.00. The lowest BCUT2D eigenvalue weighted by Crippen LogP contribution is -2.44. The highest BCUT2D eigenvalue weighted by atomic mass is 16.5. The van der Waals surface area contributed by atoms with E-state index in [-0.39, 0.29) is 30.0 Å². The van der Waals surface area contributed by atoms with Gasteiger partial charge >= 0.3 is 0 Å². The Morgan fingerprint density at radius 3 is 2.37 bits per heavy atom. The topological polar surface area (TPSA) is 85.4 Å². The summed E-state index contributed by atoms with van der Waals surface area (Å²) in [6, 6.07) is 12.7. The molecule has 3 aromatic rings. The Morgan fingerprint density at radius 2 is 1.77 bits per heavy atom. The van der Waals surface area contributed by atoms with Crippen molar-refractivity contribution in [1.29, 1.82) is 0 Å². The van der Waals surface area contributed by atoms with Crippen LogP contribution in [0.15, 0.2) is 57.6 Å². The van der Waals surface area contributed by atoms with Gasteiger partial charge in [0.15, 0.2) is 17.3 Å². The van der Waals surface area contributed by atoms with Crippen molar-refractivity contribution in [3.05, 3.63) is 71.6 Å². The van der Waals surface area contributed by atoms with Gasteiger partial charge in [-0.05, 0) is 61.2 Å². The molecule has 0 radical (unpaired) electrons. The predicted molar refractivity (Wildman–Crippen MR) is 132 cm³/mol. The molecule has 0 unspecified atom stereocenters. The average molecular weight is 483 g/mol. The Bertz CT molecular complexity index is 1100. The number of rotatable bonds is 12.